The lowest BCUT2D eigenvalue weighted by Gasteiger charge is -2.47. The lowest BCUT2D eigenvalue weighted by Crippen LogP contribution is -2.63. The molecule has 6 rings (SSSR count). The second-order valence-electron chi connectivity index (χ2n) is 9.49. The van der Waals surface area contributed by atoms with Crippen LogP contribution in [0.3, 0.4) is 0 Å². The summed E-state index contributed by atoms with van der Waals surface area (Å²) in [7, 11) is 0. The van der Waals surface area contributed by atoms with Gasteiger partial charge < -0.3 is 25.2 Å². The molecule has 37 heavy (non-hydrogen) atoms. The first kappa shape index (κ1) is 23.2. The number of carbonyl (C=O) groups is 2. The van der Waals surface area contributed by atoms with Gasteiger partial charge in [0.05, 0.1) is 18.3 Å². The zero-order chi connectivity index (χ0) is 25.7. The van der Waals surface area contributed by atoms with Gasteiger partial charge in [0.25, 0.3) is 0 Å². The molecule has 0 spiro atoms. The highest BCUT2D eigenvalue weighted by Gasteiger charge is 2.48. The molecule has 3 heterocycles. The number of hydrogen-bond acceptors (Lipinski definition) is 5. The van der Waals surface area contributed by atoms with E-state index in [0.717, 1.165) is 27.7 Å². The van der Waals surface area contributed by atoms with Crippen molar-refractivity contribution >= 4 is 28.4 Å². The van der Waals surface area contributed by atoms with Crippen molar-refractivity contribution in [2.45, 2.75) is 24.9 Å². The van der Waals surface area contributed by atoms with Crippen LogP contribution < -0.4 is 5.23 Å². The van der Waals surface area contributed by atoms with E-state index in [2.05, 4.69) is 4.98 Å². The molecule has 2 N–H and O–H groups in total. The predicted molar refractivity (Wildman–Crippen MR) is 135 cm³/mol. The topological polar surface area (TPSA) is 103 Å². The minimum Gasteiger partial charge on any atom is -0.733 e. The maximum atomic E-state index is 13.8. The van der Waals surface area contributed by atoms with Crippen LogP contribution in [0.2, 0.25) is 0 Å². The van der Waals surface area contributed by atoms with Crippen molar-refractivity contribution in [1.29, 1.82) is 0 Å². The minimum atomic E-state index is -0.715. The van der Waals surface area contributed by atoms with Crippen molar-refractivity contribution in [2.24, 2.45) is 0 Å². The van der Waals surface area contributed by atoms with Crippen LogP contribution in [0.15, 0.2) is 72.8 Å². The van der Waals surface area contributed by atoms with Crippen LogP contribution in [-0.4, -0.2) is 50.9 Å². The molecule has 4 aromatic rings. The number of aromatic nitrogens is 1. The molecule has 0 radical (unpaired) electrons. The van der Waals surface area contributed by atoms with Crippen LogP contribution in [0.25, 0.3) is 10.9 Å². The van der Waals surface area contributed by atoms with Gasteiger partial charge in [0.1, 0.15) is 11.9 Å². The van der Waals surface area contributed by atoms with Gasteiger partial charge >= 0.3 is 0 Å². The molecule has 1 unspecified atom stereocenters. The number of amides is 2. The molecule has 1 saturated heterocycles. The number of rotatable bonds is 5. The fraction of sp³-hybridized carbons (Fsp3) is 0.214. The van der Waals surface area contributed by atoms with Crippen LogP contribution in [0.1, 0.15) is 28.4 Å². The van der Waals surface area contributed by atoms with Crippen molar-refractivity contribution in [1.82, 2.24) is 14.8 Å². The Morgan fingerprint density at radius 1 is 1.05 bits per heavy atom. The van der Waals surface area contributed by atoms with E-state index in [1.807, 2.05) is 24.3 Å². The zero-order valence-corrected chi connectivity index (χ0v) is 19.8. The first-order valence-electron chi connectivity index (χ1n) is 12.1. The summed E-state index contributed by atoms with van der Waals surface area (Å²) >= 11 is 0. The molecule has 2 aliphatic rings. The van der Waals surface area contributed by atoms with E-state index in [9.17, 15) is 24.4 Å². The zero-order valence-electron chi connectivity index (χ0n) is 19.8. The van der Waals surface area contributed by atoms with E-state index >= 15 is 0 Å². The van der Waals surface area contributed by atoms with Crippen LogP contribution in [0, 0.1) is 11.0 Å². The first-order chi connectivity index (χ1) is 17.9. The molecular formula is C28H24FN4O4-. The second-order valence-corrected chi connectivity index (χ2v) is 9.49. The van der Waals surface area contributed by atoms with Crippen LogP contribution >= 0.6 is 0 Å². The summed E-state index contributed by atoms with van der Waals surface area (Å²) in [6.07, 6.45) is 0.868. The molecule has 3 aromatic carbocycles. The molecule has 9 heteroatoms. The van der Waals surface area contributed by atoms with E-state index in [1.165, 1.54) is 24.3 Å². The molecule has 2 amide bonds. The van der Waals surface area contributed by atoms with Gasteiger partial charge in [-0.25, -0.2) is 4.39 Å². The van der Waals surface area contributed by atoms with Crippen molar-refractivity contribution in [3.05, 3.63) is 106 Å². The van der Waals surface area contributed by atoms with E-state index in [-0.39, 0.29) is 35.1 Å². The number of benzene rings is 3. The average molecular weight is 500 g/mol. The summed E-state index contributed by atoms with van der Waals surface area (Å²) in [6, 6.07) is 19.0. The lowest BCUT2D eigenvalue weighted by molar-refractivity contribution is -0.158. The van der Waals surface area contributed by atoms with Crippen molar-refractivity contribution < 1.29 is 19.2 Å². The number of aromatic amines is 1. The fourth-order valence-electron chi connectivity index (χ4n) is 5.59. The molecular weight excluding hydrogens is 475 g/mol. The van der Waals surface area contributed by atoms with Gasteiger partial charge in [-0.05, 0) is 53.4 Å². The van der Waals surface area contributed by atoms with E-state index in [0.29, 0.717) is 24.9 Å². The number of para-hydroxylation sites is 1. The van der Waals surface area contributed by atoms with Crippen LogP contribution in [-0.2, 0) is 22.4 Å². The molecule has 2 atom stereocenters. The third-order valence-electron chi connectivity index (χ3n) is 7.33. The highest BCUT2D eigenvalue weighted by atomic mass is 19.1. The standard InChI is InChI=1S/C28H24FN4O4/c29-19-10-8-17(9-11-19)12-13-31-16-25(34)32-24(28(31)35)15-22-21-6-1-2-7-23(21)30-26(22)27(32)18-4-3-5-20(14-18)33(36)37/h1-11,14,24,27,30,36H,12-13,15-16H2/q-1/t24-,27?/m0/s1. The summed E-state index contributed by atoms with van der Waals surface area (Å²) in [5.41, 5.74) is 4.18. The molecule has 188 valence electrons. The number of fused-ring (bicyclic) bond motifs is 4. The Labute approximate surface area is 212 Å². The Kier molecular flexibility index (Phi) is 5.66. The minimum absolute atomic E-state index is 0.0361. The first-order valence-corrected chi connectivity index (χ1v) is 12.1. The number of carbonyl (C=O) groups excluding carboxylic acids is 2. The third-order valence-corrected chi connectivity index (χ3v) is 7.33. The second kappa shape index (κ2) is 9.02. The molecule has 1 fully saturated rings. The molecule has 2 aliphatic heterocycles. The smallest absolute Gasteiger partial charge is 0.246 e. The van der Waals surface area contributed by atoms with Gasteiger partial charge in [0, 0.05) is 29.6 Å². The SMILES string of the molecule is O=C1[C@@H]2Cc3c([nH]c4ccccc34)C(c3cccc(N([O-])O)c3)N2C(=O)CN1CCc1ccc(F)cc1. The third kappa shape index (κ3) is 4.02. The fourth-order valence-corrected chi connectivity index (χ4v) is 5.59. The number of piperazine rings is 1. The van der Waals surface area contributed by atoms with Crippen molar-refractivity contribution in [2.75, 3.05) is 18.3 Å². The summed E-state index contributed by atoms with van der Waals surface area (Å²) in [4.78, 5) is 34.0. The number of halogens is 1. The van der Waals surface area contributed by atoms with Crippen molar-refractivity contribution in [3.8, 4) is 0 Å². The molecule has 8 nitrogen and oxygen atoms in total. The van der Waals surface area contributed by atoms with Gasteiger partial charge in [-0.3, -0.25) is 14.8 Å². The number of hydrogen-bond donors (Lipinski definition) is 2. The summed E-state index contributed by atoms with van der Waals surface area (Å²) < 4.78 is 13.3. The Bertz CT molecular complexity index is 1500. The average Bonchev–Trinajstić information content (AvgIpc) is 3.28. The van der Waals surface area contributed by atoms with Crippen molar-refractivity contribution in [3.63, 3.8) is 0 Å². The summed E-state index contributed by atoms with van der Waals surface area (Å²) in [5, 5.41) is 21.9. The van der Waals surface area contributed by atoms with Gasteiger partial charge in [0.2, 0.25) is 11.8 Å². The summed E-state index contributed by atoms with van der Waals surface area (Å²) in [6.45, 7) is 0.271. The molecule has 0 bridgehead atoms. The van der Waals surface area contributed by atoms with Gasteiger partial charge in [-0.1, -0.05) is 42.5 Å². The number of H-pyrrole nitrogens is 1. The summed E-state index contributed by atoms with van der Waals surface area (Å²) in [5.74, 6) is -0.672. The quantitative estimate of drug-likeness (QED) is 0.405. The maximum absolute atomic E-state index is 13.8. The van der Waals surface area contributed by atoms with Crippen LogP contribution in [0.5, 0.6) is 0 Å². The lowest BCUT2D eigenvalue weighted by atomic mass is 9.86. The van der Waals surface area contributed by atoms with Gasteiger partial charge in [-0.15, -0.1) is 0 Å². The Balaban J connectivity index is 1.39. The number of nitrogens with zero attached hydrogens (tertiary/aromatic N) is 3. The van der Waals surface area contributed by atoms with E-state index < -0.39 is 12.1 Å². The highest BCUT2D eigenvalue weighted by molar-refractivity contribution is 5.97. The molecule has 0 aliphatic carbocycles. The van der Waals surface area contributed by atoms with Crippen LogP contribution in [0.4, 0.5) is 10.1 Å². The Morgan fingerprint density at radius 2 is 1.84 bits per heavy atom. The Hall–Kier alpha value is -4.21. The predicted octanol–water partition coefficient (Wildman–Crippen LogP) is 3.93. The number of anilines is 1. The number of nitrogens with one attached hydrogen (secondary N) is 1. The highest BCUT2D eigenvalue weighted by Crippen LogP contribution is 2.43. The molecule has 1 aromatic heterocycles. The maximum Gasteiger partial charge on any atom is 0.246 e. The Morgan fingerprint density at radius 3 is 2.62 bits per heavy atom. The van der Waals surface area contributed by atoms with Gasteiger partial charge in [-0.2, -0.15) is 0 Å². The normalized spacial score (nSPS) is 19.2. The van der Waals surface area contributed by atoms with E-state index in [4.69, 9.17) is 0 Å². The monoisotopic (exact) mass is 499 g/mol. The van der Waals surface area contributed by atoms with Gasteiger partial charge in [0.15, 0.2) is 0 Å². The van der Waals surface area contributed by atoms with E-state index in [1.54, 1.807) is 34.1 Å². The molecule has 0 saturated carbocycles. The largest absolute Gasteiger partial charge is 0.733 e.